The van der Waals surface area contributed by atoms with E-state index in [0.717, 1.165) is 17.5 Å². The van der Waals surface area contributed by atoms with Crippen LogP contribution < -0.4 is 4.90 Å². The first-order chi connectivity index (χ1) is 15.8. The predicted molar refractivity (Wildman–Crippen MR) is 126 cm³/mol. The maximum Gasteiger partial charge on any atom is 0.226 e. The van der Waals surface area contributed by atoms with Crippen LogP contribution in [0.1, 0.15) is 54.7 Å². The summed E-state index contributed by atoms with van der Waals surface area (Å²) in [6.45, 7) is 5.90. The molecule has 33 heavy (non-hydrogen) atoms. The summed E-state index contributed by atoms with van der Waals surface area (Å²) in [6, 6.07) is 14.8. The van der Waals surface area contributed by atoms with E-state index in [9.17, 15) is 18.4 Å². The molecule has 0 spiro atoms. The molecule has 0 aliphatic rings. The second-order valence-corrected chi connectivity index (χ2v) is 7.94. The van der Waals surface area contributed by atoms with Gasteiger partial charge in [-0.3, -0.25) is 9.59 Å². The molecule has 0 unspecified atom stereocenters. The van der Waals surface area contributed by atoms with E-state index in [4.69, 9.17) is 0 Å². The molecule has 0 fully saturated rings. The monoisotopic (exact) mass is 450 g/mol. The van der Waals surface area contributed by atoms with Gasteiger partial charge in [0.05, 0.1) is 5.69 Å². The molecule has 0 saturated heterocycles. The van der Waals surface area contributed by atoms with Crippen molar-refractivity contribution in [3.05, 3.63) is 83.2 Å². The Bertz CT molecular complexity index is 1140. The van der Waals surface area contributed by atoms with Crippen LogP contribution in [0.3, 0.4) is 0 Å². The minimum atomic E-state index is -0.530. The highest BCUT2D eigenvalue weighted by Gasteiger charge is 2.17. The van der Waals surface area contributed by atoms with Crippen molar-refractivity contribution >= 4 is 17.4 Å². The number of Topliss-reactive ketones (excluding diaryl/α,β-unsaturated/α-hetero) is 1. The number of hydrogen-bond acceptors (Lipinski definition) is 3. The van der Waals surface area contributed by atoms with Gasteiger partial charge >= 0.3 is 0 Å². The van der Waals surface area contributed by atoms with Gasteiger partial charge in [-0.2, -0.15) is 4.39 Å². The summed E-state index contributed by atoms with van der Waals surface area (Å²) in [4.78, 5) is 30.0. The average molecular weight is 451 g/mol. The highest BCUT2D eigenvalue weighted by Crippen LogP contribution is 2.28. The van der Waals surface area contributed by atoms with Gasteiger partial charge in [0.25, 0.3) is 0 Å². The number of hydrogen-bond donors (Lipinski definition) is 0. The maximum atomic E-state index is 14.9. The molecule has 4 nitrogen and oxygen atoms in total. The first-order valence-electron chi connectivity index (χ1n) is 11.2. The molecule has 1 aromatic heterocycles. The lowest BCUT2D eigenvalue weighted by Crippen LogP contribution is -2.31. The van der Waals surface area contributed by atoms with Gasteiger partial charge < -0.3 is 4.90 Å². The molecule has 0 N–H and O–H groups in total. The average Bonchev–Trinajstić information content (AvgIpc) is 2.81. The van der Waals surface area contributed by atoms with Gasteiger partial charge in [-0.05, 0) is 54.7 Å². The van der Waals surface area contributed by atoms with Crippen LogP contribution in [0, 0.1) is 18.7 Å². The minimum absolute atomic E-state index is 0.0277. The first kappa shape index (κ1) is 24.2. The summed E-state index contributed by atoms with van der Waals surface area (Å²) in [5.41, 5.74) is 3.72. The number of rotatable bonds is 9. The first-order valence-corrected chi connectivity index (χ1v) is 11.2. The minimum Gasteiger partial charge on any atom is -0.310 e. The van der Waals surface area contributed by atoms with Crippen molar-refractivity contribution < 1.29 is 18.4 Å². The van der Waals surface area contributed by atoms with E-state index in [-0.39, 0.29) is 23.8 Å². The van der Waals surface area contributed by atoms with E-state index in [1.165, 1.54) is 17.0 Å². The van der Waals surface area contributed by atoms with E-state index in [1.807, 2.05) is 6.92 Å². The van der Waals surface area contributed by atoms with Gasteiger partial charge in [-0.1, -0.05) is 50.2 Å². The summed E-state index contributed by atoms with van der Waals surface area (Å²) >= 11 is 0. The number of nitrogens with zero attached hydrogens (tertiary/aromatic N) is 2. The van der Waals surface area contributed by atoms with Crippen molar-refractivity contribution in [1.82, 2.24) is 4.98 Å². The van der Waals surface area contributed by atoms with Gasteiger partial charge in [0.1, 0.15) is 5.82 Å². The zero-order valence-electron chi connectivity index (χ0n) is 19.2. The standard InChI is InChI=1S/C27H28F2N2O2/c1-4-16-31(27(33)5-2)24-13-10-22(17-23(24)28)20-6-8-21(9-7-20)25(32)14-11-19-12-15-26(29)30-18(19)3/h6-10,12-13,15,17H,4-5,11,14,16H2,1-3H3. The number of amides is 1. The Morgan fingerprint density at radius 2 is 1.64 bits per heavy atom. The summed E-state index contributed by atoms with van der Waals surface area (Å²) < 4.78 is 28.0. The third-order valence-corrected chi connectivity index (χ3v) is 5.61. The third-order valence-electron chi connectivity index (χ3n) is 5.61. The van der Waals surface area contributed by atoms with Crippen molar-refractivity contribution in [3.63, 3.8) is 0 Å². The largest absolute Gasteiger partial charge is 0.310 e. The predicted octanol–water partition coefficient (Wildman–Crippen LogP) is 6.30. The summed E-state index contributed by atoms with van der Waals surface area (Å²) in [5.74, 6) is -1.12. The molecule has 1 amide bonds. The number of pyridine rings is 1. The Balaban J connectivity index is 1.72. The quantitative estimate of drug-likeness (QED) is 0.284. The molecule has 0 aliphatic carbocycles. The number of halogens is 2. The van der Waals surface area contributed by atoms with E-state index in [2.05, 4.69) is 4.98 Å². The zero-order chi connectivity index (χ0) is 24.0. The molecule has 6 heteroatoms. The molecular weight excluding hydrogens is 422 g/mol. The van der Waals surface area contributed by atoms with Crippen LogP contribution >= 0.6 is 0 Å². The van der Waals surface area contributed by atoms with Gasteiger partial charge in [-0.25, -0.2) is 9.37 Å². The maximum absolute atomic E-state index is 14.9. The van der Waals surface area contributed by atoms with Crippen LogP contribution in [0.15, 0.2) is 54.6 Å². The Hall–Kier alpha value is -3.41. The molecule has 0 radical (unpaired) electrons. The highest BCUT2D eigenvalue weighted by molar-refractivity contribution is 5.96. The van der Waals surface area contributed by atoms with Crippen molar-refractivity contribution in [2.75, 3.05) is 11.4 Å². The lowest BCUT2D eigenvalue weighted by Gasteiger charge is -2.22. The van der Waals surface area contributed by atoms with Gasteiger partial charge in [0.15, 0.2) is 5.78 Å². The lowest BCUT2D eigenvalue weighted by atomic mass is 9.99. The molecule has 172 valence electrons. The molecule has 3 aromatic rings. The van der Waals surface area contributed by atoms with Crippen molar-refractivity contribution in [2.45, 2.75) is 46.5 Å². The number of aromatic nitrogens is 1. The molecule has 0 bridgehead atoms. The number of ketones is 1. The normalized spacial score (nSPS) is 10.8. The van der Waals surface area contributed by atoms with Gasteiger partial charge in [0, 0.05) is 30.6 Å². The molecule has 1 heterocycles. The Morgan fingerprint density at radius 3 is 2.24 bits per heavy atom. The number of benzene rings is 2. The van der Waals surface area contributed by atoms with E-state index < -0.39 is 11.8 Å². The molecule has 2 aromatic carbocycles. The van der Waals surface area contributed by atoms with Gasteiger partial charge in [-0.15, -0.1) is 0 Å². The molecular formula is C27H28F2N2O2. The van der Waals surface area contributed by atoms with Crippen LogP contribution in [-0.4, -0.2) is 23.2 Å². The van der Waals surface area contributed by atoms with Crippen LogP contribution in [0.5, 0.6) is 0 Å². The SMILES string of the molecule is CCCN(C(=O)CC)c1ccc(-c2ccc(C(=O)CCc3ccc(F)nc3C)cc2)cc1F. The third kappa shape index (κ3) is 5.89. The fourth-order valence-electron chi connectivity index (χ4n) is 3.76. The Kier molecular flexibility index (Phi) is 8.04. The van der Waals surface area contributed by atoms with E-state index in [1.54, 1.807) is 56.3 Å². The summed E-state index contributed by atoms with van der Waals surface area (Å²) in [5, 5.41) is 0. The van der Waals surface area contributed by atoms with Crippen LogP contribution in [0.25, 0.3) is 11.1 Å². The van der Waals surface area contributed by atoms with Crippen LogP contribution in [0.2, 0.25) is 0 Å². The number of anilines is 1. The Morgan fingerprint density at radius 1 is 0.939 bits per heavy atom. The fraction of sp³-hybridized carbons (Fsp3) is 0.296. The van der Waals surface area contributed by atoms with Gasteiger partial charge in [0.2, 0.25) is 11.9 Å². The molecule has 3 rings (SSSR count). The molecule has 0 aliphatic heterocycles. The van der Waals surface area contributed by atoms with Crippen LogP contribution in [0.4, 0.5) is 14.5 Å². The number of aryl methyl sites for hydroxylation is 2. The smallest absolute Gasteiger partial charge is 0.226 e. The van der Waals surface area contributed by atoms with Crippen molar-refractivity contribution in [1.29, 1.82) is 0 Å². The highest BCUT2D eigenvalue weighted by atomic mass is 19.1. The summed E-state index contributed by atoms with van der Waals surface area (Å²) in [7, 11) is 0. The van der Waals surface area contributed by atoms with E-state index >= 15 is 0 Å². The van der Waals surface area contributed by atoms with E-state index in [0.29, 0.717) is 36.2 Å². The number of carbonyl (C=O) groups is 2. The lowest BCUT2D eigenvalue weighted by molar-refractivity contribution is -0.118. The second kappa shape index (κ2) is 10.9. The Labute approximate surface area is 193 Å². The second-order valence-electron chi connectivity index (χ2n) is 7.94. The van der Waals surface area contributed by atoms with Crippen molar-refractivity contribution in [3.8, 4) is 11.1 Å². The molecule has 0 saturated carbocycles. The number of carbonyl (C=O) groups excluding carboxylic acids is 2. The van der Waals surface area contributed by atoms with Crippen molar-refractivity contribution in [2.24, 2.45) is 0 Å². The zero-order valence-corrected chi connectivity index (χ0v) is 19.2. The molecule has 0 atom stereocenters. The fourth-order valence-corrected chi connectivity index (χ4v) is 3.76. The van der Waals surface area contributed by atoms with Crippen LogP contribution in [-0.2, 0) is 11.2 Å². The topological polar surface area (TPSA) is 50.3 Å². The summed E-state index contributed by atoms with van der Waals surface area (Å²) in [6.07, 6.45) is 1.82.